The van der Waals surface area contributed by atoms with Crippen molar-refractivity contribution in [2.45, 2.75) is 121 Å². The highest BCUT2D eigenvalue weighted by Gasteiger charge is 2.50. The van der Waals surface area contributed by atoms with Crippen molar-refractivity contribution in [3.8, 4) is 5.75 Å². The van der Waals surface area contributed by atoms with E-state index in [4.69, 9.17) is 9.47 Å². The van der Waals surface area contributed by atoms with Gasteiger partial charge in [-0.3, -0.25) is 24.2 Å². The van der Waals surface area contributed by atoms with E-state index in [9.17, 15) is 33.1 Å². The summed E-state index contributed by atoms with van der Waals surface area (Å²) in [6.45, 7) is 9.74. The monoisotopic (exact) mass is 731 g/mol. The average molecular weight is 732 g/mol. The molecule has 0 spiro atoms. The number of carbonyl (C=O) groups excluding carboxylic acids is 3. The maximum Gasteiger partial charge on any atom is 0.408 e. The number of hydrogen-bond acceptors (Lipinski definition) is 7. The van der Waals surface area contributed by atoms with Gasteiger partial charge in [0.15, 0.2) is 0 Å². The molecule has 12 nitrogen and oxygen atoms in total. The lowest BCUT2D eigenvalue weighted by molar-refractivity contribution is -0.151. The number of alkyl halides is 2. The zero-order valence-corrected chi connectivity index (χ0v) is 30.8. The zero-order valence-electron chi connectivity index (χ0n) is 30.8. The van der Waals surface area contributed by atoms with Crippen LogP contribution in [0.15, 0.2) is 24.3 Å². The van der Waals surface area contributed by atoms with Crippen LogP contribution in [0.1, 0.15) is 90.7 Å². The minimum absolute atomic E-state index is 0.00788. The average Bonchev–Trinajstić information content (AvgIpc) is 3.84. The lowest BCUT2D eigenvalue weighted by atomic mass is 9.81. The summed E-state index contributed by atoms with van der Waals surface area (Å²) in [7, 11) is 0. The molecule has 288 valence electrons. The Morgan fingerprint density at radius 3 is 2.40 bits per heavy atom. The van der Waals surface area contributed by atoms with Crippen LogP contribution in [0.3, 0.4) is 0 Å². The van der Waals surface area contributed by atoms with Crippen LogP contribution in [-0.2, 0) is 19.1 Å². The zero-order chi connectivity index (χ0) is 37.4. The van der Waals surface area contributed by atoms with Crippen LogP contribution < -0.4 is 15.4 Å². The molecular weight excluding hydrogens is 676 g/mol. The fourth-order valence-electron chi connectivity index (χ4n) is 8.62. The summed E-state index contributed by atoms with van der Waals surface area (Å²) in [5.74, 6) is -4.43. The first-order valence-electron chi connectivity index (χ1n) is 19.0. The standard InChI is InChI=1S/C38H55F2N5O7/c1-5-51-26-18-25-19-44(29(21-43(25)20-26)33(46)41-28-14-17-52-30-9-7-6-8-27(28)30)35(48)31(23-12-15-38(39,40)16-13-23)42-34(47)32(24-10-11-24)45(36(49)50)22-37(2,3)4/h6-9,23-26,28-29,31-32H,5,10-22H2,1-4H3,(H,41,46)(H,42,47)(H,49,50)/t25-,26-,28-,29+,31+,32+/m1/s1. The normalized spacial score (nSPS) is 27.4. The highest BCUT2D eigenvalue weighted by atomic mass is 19.3. The van der Waals surface area contributed by atoms with Gasteiger partial charge in [-0.25, -0.2) is 13.6 Å². The van der Waals surface area contributed by atoms with E-state index in [-0.39, 0.29) is 62.5 Å². The van der Waals surface area contributed by atoms with Gasteiger partial charge < -0.3 is 30.1 Å². The Morgan fingerprint density at radius 2 is 1.75 bits per heavy atom. The molecule has 4 fully saturated rings. The molecule has 0 radical (unpaired) electrons. The minimum atomic E-state index is -2.87. The number of benzene rings is 1. The van der Waals surface area contributed by atoms with Crippen molar-refractivity contribution in [3.63, 3.8) is 0 Å². The second-order valence-electron chi connectivity index (χ2n) is 16.6. The second-order valence-corrected chi connectivity index (χ2v) is 16.6. The van der Waals surface area contributed by atoms with Crippen LogP contribution in [-0.4, -0.2) is 119 Å². The molecule has 0 aromatic heterocycles. The van der Waals surface area contributed by atoms with E-state index in [1.54, 1.807) is 4.90 Å². The Morgan fingerprint density at radius 1 is 1.04 bits per heavy atom. The van der Waals surface area contributed by atoms with Gasteiger partial charge in [-0.05, 0) is 62.3 Å². The van der Waals surface area contributed by atoms with Crippen LogP contribution >= 0.6 is 0 Å². The van der Waals surface area contributed by atoms with Gasteiger partial charge in [-0.15, -0.1) is 0 Å². The van der Waals surface area contributed by atoms with Crippen LogP contribution in [0.25, 0.3) is 0 Å². The number of carboxylic acid groups (broad SMARTS) is 1. The van der Waals surface area contributed by atoms with E-state index >= 15 is 0 Å². The first kappa shape index (κ1) is 38.2. The number of rotatable bonds is 11. The van der Waals surface area contributed by atoms with Crippen LogP contribution in [0, 0.1) is 17.3 Å². The SMILES string of the molecule is CCO[C@@H]1C[C@@H]2CN(C(=O)[C@@H](NC(=O)[C@H](C3CC3)N(CC(C)(C)C)C(=O)O)C3CCC(F)(F)CC3)[C@H](C(=O)N[C@@H]3CCOc4ccccc43)CN2C1. The first-order chi connectivity index (χ1) is 24.6. The summed E-state index contributed by atoms with van der Waals surface area (Å²) in [5, 5.41) is 16.4. The number of nitrogens with one attached hydrogen (secondary N) is 2. The number of nitrogens with zero attached hydrogens (tertiary/aromatic N) is 3. The molecule has 0 bridgehead atoms. The van der Waals surface area contributed by atoms with Crippen LogP contribution in [0.5, 0.6) is 5.75 Å². The summed E-state index contributed by atoms with van der Waals surface area (Å²) >= 11 is 0. The molecule has 1 aromatic rings. The quantitative estimate of drug-likeness (QED) is 0.304. The van der Waals surface area contributed by atoms with Gasteiger partial charge in [0.2, 0.25) is 23.6 Å². The Bertz CT molecular complexity index is 1480. The van der Waals surface area contributed by atoms with Crippen LogP contribution in [0.4, 0.5) is 13.6 Å². The van der Waals surface area contributed by atoms with Crippen molar-refractivity contribution < 1.29 is 42.5 Å². The van der Waals surface area contributed by atoms with Crippen LogP contribution in [0.2, 0.25) is 0 Å². The number of amides is 4. The largest absolute Gasteiger partial charge is 0.493 e. The fraction of sp³-hybridized carbons (Fsp3) is 0.737. The highest BCUT2D eigenvalue weighted by Crippen LogP contribution is 2.40. The highest BCUT2D eigenvalue weighted by molar-refractivity contribution is 5.94. The third-order valence-electron chi connectivity index (χ3n) is 11.3. The van der Waals surface area contributed by atoms with Gasteiger partial charge in [-0.2, -0.15) is 0 Å². The maximum absolute atomic E-state index is 15.0. The van der Waals surface area contributed by atoms with Gasteiger partial charge in [0.25, 0.3) is 0 Å². The molecule has 14 heteroatoms. The van der Waals surface area contributed by atoms with E-state index in [1.165, 1.54) is 0 Å². The molecular formula is C38H55F2N5O7. The van der Waals surface area contributed by atoms with Gasteiger partial charge in [-0.1, -0.05) is 39.0 Å². The Hall–Kier alpha value is -3.52. The molecule has 52 heavy (non-hydrogen) atoms. The third kappa shape index (κ3) is 8.81. The Balaban J connectivity index is 1.30. The molecule has 2 aliphatic carbocycles. The van der Waals surface area contributed by atoms with E-state index in [2.05, 4.69) is 15.5 Å². The van der Waals surface area contributed by atoms with E-state index in [0.717, 1.165) is 10.5 Å². The molecule has 2 saturated heterocycles. The van der Waals surface area contributed by atoms with Gasteiger partial charge >= 0.3 is 6.09 Å². The molecule has 0 unspecified atom stereocenters. The van der Waals surface area contributed by atoms with Crippen molar-refractivity contribution in [2.24, 2.45) is 17.3 Å². The van der Waals surface area contributed by atoms with Gasteiger partial charge in [0, 0.05) is 63.7 Å². The second kappa shape index (κ2) is 15.5. The van der Waals surface area contributed by atoms with E-state index in [1.807, 2.05) is 52.0 Å². The number of carbonyl (C=O) groups is 4. The molecule has 4 amide bonds. The third-order valence-corrected chi connectivity index (χ3v) is 11.3. The molecule has 6 rings (SSSR count). The van der Waals surface area contributed by atoms with Crippen molar-refractivity contribution >= 4 is 23.8 Å². The summed E-state index contributed by atoms with van der Waals surface area (Å²) in [5.41, 5.74) is 0.408. The molecule has 5 aliphatic rings. The number of halogens is 2. The van der Waals surface area contributed by atoms with Crippen molar-refractivity contribution in [1.29, 1.82) is 0 Å². The maximum atomic E-state index is 15.0. The lowest BCUT2D eigenvalue weighted by Gasteiger charge is -2.45. The molecule has 3 N–H and O–H groups in total. The molecule has 1 aromatic carbocycles. The Kier molecular flexibility index (Phi) is 11.4. The van der Waals surface area contributed by atoms with Crippen molar-refractivity contribution in [1.82, 2.24) is 25.3 Å². The molecule has 3 heterocycles. The number of para-hydroxylation sites is 1. The lowest BCUT2D eigenvalue weighted by Crippen LogP contribution is -2.67. The van der Waals surface area contributed by atoms with Crippen molar-refractivity contribution in [3.05, 3.63) is 29.8 Å². The summed E-state index contributed by atoms with van der Waals surface area (Å²) < 4.78 is 40.7. The van der Waals surface area contributed by atoms with Crippen molar-refractivity contribution in [2.75, 3.05) is 39.4 Å². The summed E-state index contributed by atoms with van der Waals surface area (Å²) in [4.78, 5) is 61.0. The number of piperazine rings is 1. The smallest absolute Gasteiger partial charge is 0.408 e. The van der Waals surface area contributed by atoms with Gasteiger partial charge in [0.05, 0.1) is 18.8 Å². The molecule has 6 atom stereocenters. The minimum Gasteiger partial charge on any atom is -0.493 e. The predicted molar refractivity (Wildman–Crippen MR) is 188 cm³/mol. The van der Waals surface area contributed by atoms with Gasteiger partial charge in [0.1, 0.15) is 23.9 Å². The molecule has 3 aliphatic heterocycles. The number of ether oxygens (including phenoxy) is 2. The first-order valence-corrected chi connectivity index (χ1v) is 19.0. The van der Waals surface area contributed by atoms with E-state index in [0.29, 0.717) is 51.2 Å². The summed E-state index contributed by atoms with van der Waals surface area (Å²) in [6.07, 6.45) is 0.436. The topological polar surface area (TPSA) is 141 Å². The fourth-order valence-corrected chi connectivity index (χ4v) is 8.62. The number of fused-ring (bicyclic) bond motifs is 2. The summed E-state index contributed by atoms with van der Waals surface area (Å²) in [6, 6.07) is 3.95. The number of hydrogen-bond donors (Lipinski definition) is 3. The molecule has 2 saturated carbocycles. The van der Waals surface area contributed by atoms with E-state index < -0.39 is 66.1 Å². The predicted octanol–water partition coefficient (Wildman–Crippen LogP) is 4.43. The Labute approximate surface area is 304 Å².